The fourth-order valence-corrected chi connectivity index (χ4v) is 2.56. The van der Waals surface area contributed by atoms with Crippen LogP contribution in [0.1, 0.15) is 33.6 Å². The minimum absolute atomic E-state index is 0.132. The highest BCUT2D eigenvalue weighted by Gasteiger charge is 2.21. The minimum atomic E-state index is -0.348. The van der Waals surface area contributed by atoms with Crippen molar-refractivity contribution in [3.05, 3.63) is 0 Å². The Morgan fingerprint density at radius 1 is 1.44 bits per heavy atom. The first-order valence-electron chi connectivity index (χ1n) is 6.08. The molecule has 1 N–H and O–H groups in total. The first-order chi connectivity index (χ1) is 7.50. The molecule has 0 spiro atoms. The summed E-state index contributed by atoms with van der Waals surface area (Å²) in [6, 6.07) is 0. The number of aliphatic hydroxyl groups excluding tert-OH is 1. The van der Waals surface area contributed by atoms with Gasteiger partial charge in [0.05, 0.1) is 11.9 Å². The van der Waals surface area contributed by atoms with E-state index in [9.17, 15) is 9.90 Å². The van der Waals surface area contributed by atoms with E-state index in [-0.39, 0.29) is 17.3 Å². The highest BCUT2D eigenvalue weighted by molar-refractivity contribution is 8.00. The zero-order chi connectivity index (χ0) is 12.1. The predicted molar refractivity (Wildman–Crippen MR) is 68.6 cm³/mol. The van der Waals surface area contributed by atoms with Crippen LogP contribution in [0, 0.1) is 5.92 Å². The maximum atomic E-state index is 11.9. The molecule has 0 radical (unpaired) electrons. The normalized spacial score (nSPS) is 21.9. The first kappa shape index (κ1) is 13.8. The van der Waals surface area contributed by atoms with Gasteiger partial charge < -0.3 is 10.0 Å². The third kappa shape index (κ3) is 4.34. The summed E-state index contributed by atoms with van der Waals surface area (Å²) in [4.78, 5) is 13.8. The van der Waals surface area contributed by atoms with Crippen molar-refractivity contribution in [3.8, 4) is 0 Å². The molecule has 0 unspecified atom stereocenters. The van der Waals surface area contributed by atoms with E-state index in [4.69, 9.17) is 0 Å². The topological polar surface area (TPSA) is 40.5 Å². The van der Waals surface area contributed by atoms with Gasteiger partial charge >= 0.3 is 0 Å². The maximum Gasteiger partial charge on any atom is 0.232 e. The van der Waals surface area contributed by atoms with Crippen LogP contribution in [-0.2, 0) is 4.79 Å². The van der Waals surface area contributed by atoms with Crippen LogP contribution in [0.25, 0.3) is 0 Å². The number of piperidine rings is 1. The highest BCUT2D eigenvalue weighted by atomic mass is 32.2. The number of aliphatic hydroxyl groups is 1. The Labute approximate surface area is 103 Å². The van der Waals surface area contributed by atoms with Crippen LogP contribution < -0.4 is 0 Å². The lowest BCUT2D eigenvalue weighted by Gasteiger charge is -2.30. The van der Waals surface area contributed by atoms with E-state index >= 15 is 0 Å². The van der Waals surface area contributed by atoms with E-state index in [2.05, 4.69) is 6.92 Å². The zero-order valence-electron chi connectivity index (χ0n) is 10.5. The number of nitrogens with zero attached hydrogens (tertiary/aromatic N) is 1. The number of hydrogen-bond donors (Lipinski definition) is 1. The van der Waals surface area contributed by atoms with Crippen molar-refractivity contribution in [3.63, 3.8) is 0 Å². The summed E-state index contributed by atoms with van der Waals surface area (Å²) in [5.41, 5.74) is 0. The van der Waals surface area contributed by atoms with Crippen LogP contribution in [-0.4, -0.2) is 46.1 Å². The van der Waals surface area contributed by atoms with Gasteiger partial charge in [-0.1, -0.05) is 13.8 Å². The van der Waals surface area contributed by atoms with Crippen molar-refractivity contribution in [2.45, 2.75) is 45.0 Å². The molecular formula is C12H23NO2S. The average Bonchev–Trinajstić information content (AvgIpc) is 2.26. The molecule has 1 heterocycles. The molecular weight excluding hydrogens is 222 g/mol. The molecule has 1 amide bonds. The van der Waals surface area contributed by atoms with E-state index in [1.165, 1.54) is 0 Å². The van der Waals surface area contributed by atoms with Crippen LogP contribution in [0.2, 0.25) is 0 Å². The van der Waals surface area contributed by atoms with E-state index in [0.717, 1.165) is 31.8 Å². The Morgan fingerprint density at radius 2 is 2.00 bits per heavy atom. The quantitative estimate of drug-likeness (QED) is 0.820. The molecule has 1 rings (SSSR count). The molecule has 1 fully saturated rings. The fourth-order valence-electron chi connectivity index (χ4n) is 1.69. The van der Waals surface area contributed by atoms with Crippen LogP contribution in [0.15, 0.2) is 0 Å². The molecule has 0 aromatic heterocycles. The van der Waals surface area contributed by atoms with Gasteiger partial charge in [-0.25, -0.2) is 0 Å². The summed E-state index contributed by atoms with van der Waals surface area (Å²) in [6.45, 7) is 7.78. The Morgan fingerprint density at radius 3 is 2.50 bits per heavy atom. The number of carbonyl (C=O) groups excluding carboxylic acids is 1. The number of likely N-dealkylation sites (tertiary alicyclic amines) is 1. The molecule has 0 aromatic rings. The largest absolute Gasteiger partial charge is 0.392 e. The summed E-state index contributed by atoms with van der Waals surface area (Å²) in [7, 11) is 0. The zero-order valence-corrected chi connectivity index (χ0v) is 11.3. The Hall–Kier alpha value is -0.220. The van der Waals surface area contributed by atoms with E-state index in [1.54, 1.807) is 18.7 Å². The summed E-state index contributed by atoms with van der Waals surface area (Å²) >= 11 is 1.55. The summed E-state index contributed by atoms with van der Waals surface area (Å²) in [5.74, 6) is 1.48. The van der Waals surface area contributed by atoms with Gasteiger partial charge in [-0.15, -0.1) is 11.8 Å². The molecule has 1 aliphatic rings. The van der Waals surface area contributed by atoms with E-state index in [0.29, 0.717) is 5.75 Å². The lowest BCUT2D eigenvalue weighted by atomic mass is 9.99. The van der Waals surface area contributed by atoms with Crippen molar-refractivity contribution >= 4 is 17.7 Å². The van der Waals surface area contributed by atoms with Gasteiger partial charge in [0.2, 0.25) is 5.91 Å². The predicted octanol–water partition coefficient (Wildman–Crippen LogP) is 1.75. The standard InChI is InChI=1S/C12H23NO2S/c1-9-4-6-13(7-5-9)12(15)8-16-11(3)10(2)14/h9-11,14H,4-8H2,1-3H3/t10-,11-/m1/s1. The smallest absolute Gasteiger partial charge is 0.232 e. The van der Waals surface area contributed by atoms with E-state index < -0.39 is 0 Å². The summed E-state index contributed by atoms with van der Waals surface area (Å²) in [5, 5.41) is 9.47. The third-order valence-corrected chi connectivity index (χ3v) is 4.62. The number of hydrogen-bond acceptors (Lipinski definition) is 3. The average molecular weight is 245 g/mol. The Balaban J connectivity index is 2.25. The molecule has 16 heavy (non-hydrogen) atoms. The minimum Gasteiger partial charge on any atom is -0.392 e. The van der Waals surface area contributed by atoms with Crippen molar-refractivity contribution < 1.29 is 9.90 Å². The second kappa shape index (κ2) is 6.50. The fraction of sp³-hybridized carbons (Fsp3) is 0.917. The van der Waals surface area contributed by atoms with Crippen LogP contribution in [0.3, 0.4) is 0 Å². The summed E-state index contributed by atoms with van der Waals surface area (Å²) < 4.78 is 0. The molecule has 1 aliphatic heterocycles. The number of amides is 1. The molecule has 1 saturated heterocycles. The van der Waals surface area contributed by atoms with Gasteiger partial charge in [0.25, 0.3) is 0 Å². The van der Waals surface area contributed by atoms with Gasteiger partial charge in [0, 0.05) is 18.3 Å². The highest BCUT2D eigenvalue weighted by Crippen LogP contribution is 2.19. The second-order valence-corrected chi connectivity index (χ2v) is 6.19. The Bertz CT molecular complexity index is 225. The van der Waals surface area contributed by atoms with Gasteiger partial charge in [0.1, 0.15) is 0 Å². The van der Waals surface area contributed by atoms with Crippen molar-refractivity contribution in [2.75, 3.05) is 18.8 Å². The van der Waals surface area contributed by atoms with Crippen molar-refractivity contribution in [1.29, 1.82) is 0 Å². The molecule has 0 aromatic carbocycles. The third-order valence-electron chi connectivity index (χ3n) is 3.29. The maximum absolute atomic E-state index is 11.9. The van der Waals surface area contributed by atoms with Crippen LogP contribution >= 0.6 is 11.8 Å². The van der Waals surface area contributed by atoms with Gasteiger partial charge in [0.15, 0.2) is 0 Å². The molecule has 2 atom stereocenters. The van der Waals surface area contributed by atoms with Gasteiger partial charge in [-0.05, 0) is 25.7 Å². The number of rotatable bonds is 4. The summed E-state index contributed by atoms with van der Waals surface area (Å²) in [6.07, 6.45) is 1.91. The Kier molecular flexibility index (Phi) is 5.62. The number of thioether (sulfide) groups is 1. The molecule has 0 bridgehead atoms. The molecule has 94 valence electrons. The van der Waals surface area contributed by atoms with Gasteiger partial charge in [-0.3, -0.25) is 4.79 Å². The lowest BCUT2D eigenvalue weighted by molar-refractivity contribution is -0.129. The lowest BCUT2D eigenvalue weighted by Crippen LogP contribution is -2.39. The van der Waals surface area contributed by atoms with Gasteiger partial charge in [-0.2, -0.15) is 0 Å². The van der Waals surface area contributed by atoms with Crippen molar-refractivity contribution in [1.82, 2.24) is 4.90 Å². The molecule has 0 saturated carbocycles. The second-order valence-electron chi connectivity index (χ2n) is 4.82. The first-order valence-corrected chi connectivity index (χ1v) is 7.13. The van der Waals surface area contributed by atoms with Crippen LogP contribution in [0.4, 0.5) is 0 Å². The monoisotopic (exact) mass is 245 g/mol. The molecule has 4 heteroatoms. The van der Waals surface area contributed by atoms with Crippen LogP contribution in [0.5, 0.6) is 0 Å². The van der Waals surface area contributed by atoms with Crippen molar-refractivity contribution in [2.24, 2.45) is 5.92 Å². The number of carbonyl (C=O) groups is 1. The van der Waals surface area contributed by atoms with E-state index in [1.807, 2.05) is 11.8 Å². The SMILES string of the molecule is CC1CCN(C(=O)CS[C@H](C)[C@@H](C)O)CC1. The molecule has 3 nitrogen and oxygen atoms in total. The molecule has 0 aliphatic carbocycles.